The number of carbonyl (C=O) groups excluding carboxylic acids is 1. The van der Waals surface area contributed by atoms with Gasteiger partial charge in [-0.2, -0.15) is 5.10 Å². The Morgan fingerprint density at radius 2 is 1.97 bits per heavy atom. The summed E-state index contributed by atoms with van der Waals surface area (Å²) >= 11 is 6.30. The molecule has 6 rings (SSSR count). The zero-order valence-electron chi connectivity index (χ0n) is 17.1. The van der Waals surface area contributed by atoms with Gasteiger partial charge in [0.1, 0.15) is 5.82 Å². The molecule has 1 N–H and O–H groups in total. The maximum atomic E-state index is 14.1. The summed E-state index contributed by atoms with van der Waals surface area (Å²) in [5.41, 5.74) is 0.227. The zero-order chi connectivity index (χ0) is 20.7. The highest BCUT2D eigenvalue weighted by Crippen LogP contribution is 2.52. The topological polar surface area (TPSA) is 58.4 Å². The minimum absolute atomic E-state index is 0.0586. The van der Waals surface area contributed by atoms with Gasteiger partial charge in [0.15, 0.2) is 0 Å². The molecule has 0 spiro atoms. The minimum Gasteiger partial charge on any atom is -0.390 e. The van der Waals surface area contributed by atoms with E-state index in [1.54, 1.807) is 17.8 Å². The second-order valence-corrected chi connectivity index (χ2v) is 10.4. The molecule has 1 aromatic carbocycles. The van der Waals surface area contributed by atoms with Gasteiger partial charge < -0.3 is 10.0 Å². The molecule has 29 heavy (non-hydrogen) atoms. The molecule has 2 saturated carbocycles. The third kappa shape index (κ3) is 2.90. The van der Waals surface area contributed by atoms with E-state index in [2.05, 4.69) is 5.10 Å². The summed E-state index contributed by atoms with van der Waals surface area (Å²) in [7, 11) is 1.81. The standard InChI is InChI=1S/C22H27ClFN3O2/c1-21(2,20-18-16(26(3)25-20)5-4-15(24)19(18)23)11-17(28)27-13-6-12-7-14(27)10-22(29,8-12)9-13/h4-5,12-14,29H,6-11H2,1-3H3. The predicted molar refractivity (Wildman–Crippen MR) is 109 cm³/mol. The molecule has 7 heteroatoms. The van der Waals surface area contributed by atoms with Crippen molar-refractivity contribution in [2.75, 3.05) is 0 Å². The van der Waals surface area contributed by atoms with Crippen molar-refractivity contribution in [1.29, 1.82) is 0 Å². The number of aliphatic hydroxyl groups is 1. The van der Waals surface area contributed by atoms with Crippen LogP contribution in [0.5, 0.6) is 0 Å². The maximum Gasteiger partial charge on any atom is 0.224 e. The normalized spacial score (nSPS) is 31.1. The first-order valence-electron chi connectivity index (χ1n) is 10.4. The largest absolute Gasteiger partial charge is 0.390 e. The van der Waals surface area contributed by atoms with Crippen molar-refractivity contribution in [2.24, 2.45) is 13.0 Å². The molecule has 3 heterocycles. The summed E-state index contributed by atoms with van der Waals surface area (Å²) in [6.45, 7) is 3.94. The number of nitrogens with zero attached hydrogens (tertiary/aromatic N) is 3. The highest BCUT2D eigenvalue weighted by Gasteiger charge is 2.55. The summed E-state index contributed by atoms with van der Waals surface area (Å²) in [6.07, 6.45) is 4.54. The molecule has 4 fully saturated rings. The van der Waals surface area contributed by atoms with Gasteiger partial charge in [-0.3, -0.25) is 9.48 Å². The first kappa shape index (κ1) is 19.3. The van der Waals surface area contributed by atoms with Gasteiger partial charge in [0.25, 0.3) is 0 Å². The molecule has 2 aliphatic heterocycles. The number of halogens is 2. The van der Waals surface area contributed by atoms with Crippen molar-refractivity contribution in [2.45, 2.75) is 75.5 Å². The Bertz CT molecular complexity index is 1000. The van der Waals surface area contributed by atoms with Gasteiger partial charge in [0.2, 0.25) is 5.91 Å². The van der Waals surface area contributed by atoms with Crippen LogP contribution < -0.4 is 0 Å². The van der Waals surface area contributed by atoms with Crippen molar-refractivity contribution >= 4 is 28.4 Å². The first-order chi connectivity index (χ1) is 13.6. The molecular formula is C22H27ClFN3O2. The molecule has 2 aliphatic carbocycles. The SMILES string of the molecule is Cn1nc(C(C)(C)CC(=O)N2C3CC4CC2CC(O)(C4)C3)c2c(Cl)c(F)ccc21. The number of benzene rings is 1. The Labute approximate surface area is 174 Å². The van der Waals surface area contributed by atoms with E-state index in [4.69, 9.17) is 11.6 Å². The van der Waals surface area contributed by atoms with E-state index < -0.39 is 16.8 Å². The van der Waals surface area contributed by atoms with E-state index in [-0.39, 0.29) is 29.4 Å². The number of hydrogen-bond acceptors (Lipinski definition) is 3. The molecule has 156 valence electrons. The molecule has 2 saturated heterocycles. The fraction of sp³-hybridized carbons (Fsp3) is 0.636. The van der Waals surface area contributed by atoms with E-state index in [0.717, 1.165) is 24.8 Å². The fourth-order valence-corrected chi connectivity index (χ4v) is 6.56. The lowest BCUT2D eigenvalue weighted by molar-refractivity contribution is -0.175. The van der Waals surface area contributed by atoms with Gasteiger partial charge in [-0.05, 0) is 50.2 Å². The van der Waals surface area contributed by atoms with Crippen LogP contribution >= 0.6 is 11.6 Å². The summed E-state index contributed by atoms with van der Waals surface area (Å²) in [4.78, 5) is 15.5. The number of fused-ring (bicyclic) bond motifs is 1. The Morgan fingerprint density at radius 1 is 1.31 bits per heavy atom. The van der Waals surface area contributed by atoms with E-state index in [0.29, 0.717) is 29.8 Å². The number of aromatic nitrogens is 2. The minimum atomic E-state index is -0.598. The maximum absolute atomic E-state index is 14.1. The smallest absolute Gasteiger partial charge is 0.224 e. The second kappa shape index (κ2) is 6.17. The highest BCUT2D eigenvalue weighted by molar-refractivity contribution is 6.35. The summed E-state index contributed by atoms with van der Waals surface area (Å²) in [5.74, 6) is 0.156. The van der Waals surface area contributed by atoms with Crippen LogP contribution in [0.15, 0.2) is 12.1 Å². The van der Waals surface area contributed by atoms with Crippen LogP contribution in [-0.2, 0) is 17.3 Å². The fourth-order valence-electron chi connectivity index (χ4n) is 6.31. The van der Waals surface area contributed by atoms with Gasteiger partial charge >= 0.3 is 0 Å². The lowest BCUT2D eigenvalue weighted by Gasteiger charge is -2.60. The Morgan fingerprint density at radius 3 is 2.59 bits per heavy atom. The van der Waals surface area contributed by atoms with Crippen LogP contribution in [0.25, 0.3) is 10.9 Å². The molecule has 2 atom stereocenters. The van der Waals surface area contributed by atoms with E-state index >= 15 is 0 Å². The molecule has 2 aromatic rings. The van der Waals surface area contributed by atoms with Crippen LogP contribution in [0.3, 0.4) is 0 Å². The molecule has 4 aliphatic rings. The number of aryl methyl sites for hydroxylation is 1. The summed E-state index contributed by atoms with van der Waals surface area (Å²) in [5, 5.41) is 16.1. The monoisotopic (exact) mass is 419 g/mol. The van der Waals surface area contributed by atoms with E-state index in [9.17, 15) is 14.3 Å². The lowest BCUT2D eigenvalue weighted by atomic mass is 9.61. The predicted octanol–water partition coefficient (Wildman–Crippen LogP) is 3.94. The molecule has 5 nitrogen and oxygen atoms in total. The molecule has 4 bridgehead atoms. The van der Waals surface area contributed by atoms with E-state index in [1.165, 1.54) is 6.07 Å². The first-order valence-corrected chi connectivity index (χ1v) is 10.8. The van der Waals surface area contributed by atoms with Crippen LogP contribution in [-0.4, -0.2) is 43.4 Å². The zero-order valence-corrected chi connectivity index (χ0v) is 17.8. The second-order valence-electron chi connectivity index (χ2n) is 10.1. The van der Waals surface area contributed by atoms with E-state index in [1.807, 2.05) is 18.7 Å². The third-order valence-electron chi connectivity index (χ3n) is 7.33. The van der Waals surface area contributed by atoms with Crippen molar-refractivity contribution in [3.05, 3.63) is 28.7 Å². The average molecular weight is 420 g/mol. The van der Waals surface area contributed by atoms with Crippen LogP contribution in [0.4, 0.5) is 4.39 Å². The average Bonchev–Trinajstić information content (AvgIpc) is 2.94. The van der Waals surface area contributed by atoms with Crippen LogP contribution in [0.2, 0.25) is 5.02 Å². The molecule has 2 unspecified atom stereocenters. The van der Waals surface area contributed by atoms with Gasteiger partial charge in [-0.15, -0.1) is 0 Å². The van der Waals surface area contributed by atoms with Crippen LogP contribution in [0.1, 0.15) is 58.1 Å². The van der Waals surface area contributed by atoms with Crippen molar-refractivity contribution in [3.63, 3.8) is 0 Å². The number of carbonyl (C=O) groups is 1. The van der Waals surface area contributed by atoms with Crippen LogP contribution in [0, 0.1) is 11.7 Å². The third-order valence-corrected chi connectivity index (χ3v) is 7.70. The van der Waals surface area contributed by atoms with Gasteiger partial charge in [0.05, 0.1) is 21.8 Å². The summed E-state index contributed by atoms with van der Waals surface area (Å²) in [6, 6.07) is 3.29. The Kier molecular flexibility index (Phi) is 4.11. The number of amides is 1. The molecule has 0 radical (unpaired) electrons. The number of piperidine rings is 2. The van der Waals surface area contributed by atoms with Gasteiger partial charge in [-0.1, -0.05) is 25.4 Å². The Hall–Kier alpha value is -1.66. The van der Waals surface area contributed by atoms with Crippen molar-refractivity contribution in [1.82, 2.24) is 14.7 Å². The van der Waals surface area contributed by atoms with Gasteiger partial charge in [-0.25, -0.2) is 4.39 Å². The van der Waals surface area contributed by atoms with Crippen molar-refractivity contribution in [3.8, 4) is 0 Å². The summed E-state index contributed by atoms with van der Waals surface area (Å²) < 4.78 is 15.8. The van der Waals surface area contributed by atoms with Crippen molar-refractivity contribution < 1.29 is 14.3 Å². The molecule has 1 aromatic heterocycles. The number of hydrogen-bond donors (Lipinski definition) is 1. The molecule has 1 amide bonds. The lowest BCUT2D eigenvalue weighted by Crippen LogP contribution is -2.66. The molecular weight excluding hydrogens is 393 g/mol. The highest BCUT2D eigenvalue weighted by atomic mass is 35.5. The van der Waals surface area contributed by atoms with Gasteiger partial charge in [0, 0.05) is 36.4 Å². The quantitative estimate of drug-likeness (QED) is 0.819. The number of rotatable bonds is 3. The Balaban J connectivity index is 1.46.